The summed E-state index contributed by atoms with van der Waals surface area (Å²) in [5.41, 5.74) is 0. The molecule has 1 aromatic rings. The molecule has 1 aromatic heterocycles. The van der Waals surface area contributed by atoms with Crippen LogP contribution in [0, 0.1) is 5.95 Å². The van der Waals surface area contributed by atoms with E-state index in [-0.39, 0.29) is 6.10 Å². The van der Waals surface area contributed by atoms with Gasteiger partial charge in [-0.2, -0.15) is 4.39 Å². The zero-order valence-electron chi connectivity index (χ0n) is 9.69. The molecule has 1 aliphatic heterocycles. The van der Waals surface area contributed by atoms with Crippen LogP contribution in [0.2, 0.25) is 0 Å². The number of halogens is 1. The number of nitrogens with one attached hydrogen (secondary N) is 1. The van der Waals surface area contributed by atoms with E-state index in [0.29, 0.717) is 25.6 Å². The first-order valence-electron chi connectivity index (χ1n) is 5.90. The number of ether oxygens (including phenoxy) is 2. The molecule has 4 nitrogen and oxygen atoms in total. The number of nitrogens with zero attached hydrogens (tertiary/aromatic N) is 1. The lowest BCUT2D eigenvalue weighted by atomic mass is 10.2. The SMILES string of the molecule is Fc1cccc(NCCOCC2CCCO2)n1. The maximum atomic E-state index is 12.7. The van der Waals surface area contributed by atoms with Crippen molar-refractivity contribution in [3.63, 3.8) is 0 Å². The molecule has 94 valence electrons. The van der Waals surface area contributed by atoms with Gasteiger partial charge in [0.25, 0.3) is 0 Å². The second-order valence-electron chi connectivity index (χ2n) is 3.98. The van der Waals surface area contributed by atoms with Crippen LogP contribution >= 0.6 is 0 Å². The summed E-state index contributed by atoms with van der Waals surface area (Å²) in [4.78, 5) is 3.69. The molecule has 0 radical (unpaired) electrons. The molecule has 0 amide bonds. The summed E-state index contributed by atoms with van der Waals surface area (Å²) in [5.74, 6) is 0.0565. The Kier molecular flexibility index (Phi) is 4.70. The number of anilines is 1. The highest BCUT2D eigenvalue weighted by molar-refractivity contribution is 5.33. The van der Waals surface area contributed by atoms with Crippen molar-refractivity contribution in [3.05, 3.63) is 24.1 Å². The van der Waals surface area contributed by atoms with Gasteiger partial charge in [-0.1, -0.05) is 6.07 Å². The highest BCUT2D eigenvalue weighted by Gasteiger charge is 2.14. The lowest BCUT2D eigenvalue weighted by Gasteiger charge is -2.10. The van der Waals surface area contributed by atoms with Gasteiger partial charge in [0.1, 0.15) is 5.82 Å². The molecule has 2 heterocycles. The van der Waals surface area contributed by atoms with Gasteiger partial charge in [0.15, 0.2) is 0 Å². The van der Waals surface area contributed by atoms with Crippen molar-refractivity contribution in [3.8, 4) is 0 Å². The Morgan fingerprint density at radius 1 is 1.53 bits per heavy atom. The fraction of sp³-hybridized carbons (Fsp3) is 0.583. The summed E-state index contributed by atoms with van der Waals surface area (Å²) in [6.45, 7) is 2.67. The van der Waals surface area contributed by atoms with Crippen molar-refractivity contribution in [1.29, 1.82) is 0 Å². The molecule has 5 heteroatoms. The Morgan fingerprint density at radius 2 is 2.47 bits per heavy atom. The Morgan fingerprint density at radius 3 is 3.24 bits per heavy atom. The predicted molar refractivity (Wildman–Crippen MR) is 62.5 cm³/mol. The van der Waals surface area contributed by atoms with E-state index < -0.39 is 5.95 Å². The van der Waals surface area contributed by atoms with Gasteiger partial charge in [0, 0.05) is 13.2 Å². The van der Waals surface area contributed by atoms with Crippen molar-refractivity contribution >= 4 is 5.82 Å². The van der Waals surface area contributed by atoms with Crippen LogP contribution in [0.5, 0.6) is 0 Å². The third-order valence-corrected chi connectivity index (χ3v) is 2.60. The summed E-state index contributed by atoms with van der Waals surface area (Å²) in [5, 5.41) is 2.99. The largest absolute Gasteiger partial charge is 0.377 e. The van der Waals surface area contributed by atoms with Crippen molar-refractivity contribution in [2.45, 2.75) is 18.9 Å². The fourth-order valence-corrected chi connectivity index (χ4v) is 1.75. The second kappa shape index (κ2) is 6.51. The first kappa shape index (κ1) is 12.3. The van der Waals surface area contributed by atoms with E-state index in [9.17, 15) is 4.39 Å². The first-order valence-corrected chi connectivity index (χ1v) is 5.90. The third-order valence-electron chi connectivity index (χ3n) is 2.60. The van der Waals surface area contributed by atoms with Gasteiger partial charge in [-0.25, -0.2) is 4.98 Å². The van der Waals surface area contributed by atoms with Gasteiger partial charge in [0.2, 0.25) is 5.95 Å². The molecule has 0 aliphatic carbocycles. The molecule has 1 saturated heterocycles. The quantitative estimate of drug-likeness (QED) is 0.608. The standard InChI is InChI=1S/C12H17FN2O2/c13-11-4-1-5-12(15-11)14-6-8-16-9-10-3-2-7-17-10/h1,4-5,10H,2-3,6-9H2,(H,14,15). The molecule has 0 bridgehead atoms. The molecular weight excluding hydrogens is 223 g/mol. The molecule has 1 fully saturated rings. The molecule has 1 atom stereocenters. The lowest BCUT2D eigenvalue weighted by molar-refractivity contribution is 0.0206. The van der Waals surface area contributed by atoms with E-state index >= 15 is 0 Å². The van der Waals surface area contributed by atoms with Crippen LogP contribution in [0.4, 0.5) is 10.2 Å². The summed E-state index contributed by atoms with van der Waals surface area (Å²) >= 11 is 0. The van der Waals surface area contributed by atoms with Crippen LogP contribution in [0.15, 0.2) is 18.2 Å². The van der Waals surface area contributed by atoms with Crippen LogP contribution in [0.1, 0.15) is 12.8 Å². The minimum atomic E-state index is -0.477. The van der Waals surface area contributed by atoms with Gasteiger partial charge in [-0.15, -0.1) is 0 Å². The molecule has 0 spiro atoms. The number of hydrogen-bond donors (Lipinski definition) is 1. The number of aromatic nitrogens is 1. The molecular formula is C12H17FN2O2. The Hall–Kier alpha value is -1.20. The number of pyridine rings is 1. The monoisotopic (exact) mass is 240 g/mol. The average Bonchev–Trinajstić information content (AvgIpc) is 2.82. The summed E-state index contributed by atoms with van der Waals surface area (Å²) in [7, 11) is 0. The zero-order valence-corrected chi connectivity index (χ0v) is 9.69. The van der Waals surface area contributed by atoms with E-state index in [0.717, 1.165) is 19.4 Å². The Balaban J connectivity index is 1.56. The normalized spacial score (nSPS) is 19.5. The van der Waals surface area contributed by atoms with Crippen molar-refractivity contribution in [2.75, 3.05) is 31.7 Å². The van der Waals surface area contributed by atoms with Crippen LogP contribution in [-0.4, -0.2) is 37.5 Å². The molecule has 0 aromatic carbocycles. The van der Waals surface area contributed by atoms with Crippen LogP contribution in [0.3, 0.4) is 0 Å². The summed E-state index contributed by atoms with van der Waals surface area (Å²) < 4.78 is 23.6. The van der Waals surface area contributed by atoms with Gasteiger partial charge in [-0.3, -0.25) is 0 Å². The number of hydrogen-bond acceptors (Lipinski definition) is 4. The summed E-state index contributed by atoms with van der Waals surface area (Å²) in [6, 6.07) is 4.67. The lowest BCUT2D eigenvalue weighted by Crippen LogP contribution is -2.18. The topological polar surface area (TPSA) is 43.4 Å². The van der Waals surface area contributed by atoms with Crippen molar-refractivity contribution in [1.82, 2.24) is 4.98 Å². The number of rotatable bonds is 6. The minimum absolute atomic E-state index is 0.252. The molecule has 1 aliphatic rings. The van der Waals surface area contributed by atoms with Gasteiger partial charge in [-0.05, 0) is 25.0 Å². The van der Waals surface area contributed by atoms with E-state index in [1.165, 1.54) is 6.07 Å². The van der Waals surface area contributed by atoms with Crippen molar-refractivity contribution < 1.29 is 13.9 Å². The van der Waals surface area contributed by atoms with Crippen LogP contribution in [-0.2, 0) is 9.47 Å². The minimum Gasteiger partial charge on any atom is -0.377 e. The summed E-state index contributed by atoms with van der Waals surface area (Å²) in [6.07, 6.45) is 2.46. The first-order chi connectivity index (χ1) is 8.34. The van der Waals surface area contributed by atoms with Gasteiger partial charge >= 0.3 is 0 Å². The molecule has 17 heavy (non-hydrogen) atoms. The maximum Gasteiger partial charge on any atom is 0.214 e. The van der Waals surface area contributed by atoms with E-state index in [1.54, 1.807) is 12.1 Å². The smallest absolute Gasteiger partial charge is 0.214 e. The second-order valence-corrected chi connectivity index (χ2v) is 3.98. The molecule has 1 N–H and O–H groups in total. The van der Waals surface area contributed by atoms with Gasteiger partial charge < -0.3 is 14.8 Å². The molecule has 1 unspecified atom stereocenters. The van der Waals surface area contributed by atoms with Crippen LogP contribution < -0.4 is 5.32 Å². The van der Waals surface area contributed by atoms with Gasteiger partial charge in [0.05, 0.1) is 19.3 Å². The molecule has 2 rings (SSSR count). The van der Waals surface area contributed by atoms with E-state index in [2.05, 4.69) is 10.3 Å². The highest BCUT2D eigenvalue weighted by atomic mass is 19.1. The average molecular weight is 240 g/mol. The maximum absolute atomic E-state index is 12.7. The Labute approximate surface area is 100 Å². The third kappa shape index (κ3) is 4.28. The van der Waals surface area contributed by atoms with E-state index in [4.69, 9.17) is 9.47 Å². The zero-order chi connectivity index (χ0) is 11.9. The fourth-order valence-electron chi connectivity index (χ4n) is 1.75. The Bertz CT molecular complexity index is 343. The predicted octanol–water partition coefficient (Wildman–Crippen LogP) is 1.83. The highest BCUT2D eigenvalue weighted by Crippen LogP contribution is 2.11. The molecule has 0 saturated carbocycles. The van der Waals surface area contributed by atoms with Crippen LogP contribution in [0.25, 0.3) is 0 Å². The van der Waals surface area contributed by atoms with E-state index in [1.807, 2.05) is 0 Å². The van der Waals surface area contributed by atoms with Crippen molar-refractivity contribution in [2.24, 2.45) is 0 Å².